The molecule has 0 aliphatic carbocycles. The highest BCUT2D eigenvalue weighted by Gasteiger charge is 2.29. The van der Waals surface area contributed by atoms with Crippen LogP contribution in [-0.2, 0) is 0 Å². The molecule has 1 N–H and O–H groups in total. The van der Waals surface area contributed by atoms with Gasteiger partial charge in [0.25, 0.3) is 5.91 Å². The van der Waals surface area contributed by atoms with E-state index in [4.69, 9.17) is 11.6 Å². The third-order valence-electron chi connectivity index (χ3n) is 4.28. The van der Waals surface area contributed by atoms with Crippen LogP contribution in [0.5, 0.6) is 5.88 Å². The van der Waals surface area contributed by atoms with Gasteiger partial charge in [0, 0.05) is 32.4 Å². The van der Waals surface area contributed by atoms with Crippen LogP contribution in [0, 0.1) is 0 Å². The van der Waals surface area contributed by atoms with Crippen LogP contribution in [-0.4, -0.2) is 66.8 Å². The molecule has 0 atom stereocenters. The van der Waals surface area contributed by atoms with Crippen molar-refractivity contribution < 1.29 is 22.7 Å². The number of aromatic nitrogens is 2. The van der Waals surface area contributed by atoms with E-state index in [2.05, 4.69) is 36.9 Å². The number of amides is 1. The lowest BCUT2D eigenvalue weighted by atomic mass is 10.2. The number of likely N-dealkylation sites (N-methyl/N-ethyl adjacent to an activating group) is 1. The highest BCUT2D eigenvalue weighted by molar-refractivity contribution is 6.32. The largest absolute Gasteiger partial charge is 0.467 e. The van der Waals surface area contributed by atoms with Crippen molar-refractivity contribution in [3.05, 3.63) is 41.2 Å². The summed E-state index contributed by atoms with van der Waals surface area (Å²) in [6.07, 6.45) is -1.87. The Morgan fingerprint density at radius 2 is 1.93 bits per heavy atom. The standard InChI is InChI=1S/C18H19ClF3N5O2/c1-26-4-6-27(7-5-26)15-3-2-13(10-23-15)25-16(28)12-8-14(19)17(24-9-12)29-11-18(20,21)22/h2-3,8-10H,4-7,11H2,1H3,(H,25,28). The monoisotopic (exact) mass is 429 g/mol. The number of nitrogens with zero attached hydrogens (tertiary/aromatic N) is 4. The van der Waals surface area contributed by atoms with Crippen LogP contribution in [0.4, 0.5) is 24.7 Å². The zero-order valence-electron chi connectivity index (χ0n) is 15.5. The van der Waals surface area contributed by atoms with Gasteiger partial charge in [-0.15, -0.1) is 0 Å². The summed E-state index contributed by atoms with van der Waals surface area (Å²) < 4.78 is 41.2. The Kier molecular flexibility index (Phi) is 6.43. The Labute approximate surface area is 170 Å². The van der Waals surface area contributed by atoms with Crippen molar-refractivity contribution in [2.24, 2.45) is 0 Å². The molecule has 0 radical (unpaired) electrons. The van der Waals surface area contributed by atoms with Gasteiger partial charge in [-0.05, 0) is 25.2 Å². The van der Waals surface area contributed by atoms with E-state index >= 15 is 0 Å². The minimum atomic E-state index is -4.51. The molecule has 3 rings (SSSR count). The number of nitrogens with one attached hydrogen (secondary N) is 1. The number of rotatable bonds is 5. The van der Waals surface area contributed by atoms with Gasteiger partial charge in [-0.2, -0.15) is 13.2 Å². The number of alkyl halides is 3. The summed E-state index contributed by atoms with van der Waals surface area (Å²) in [6.45, 7) is 2.15. The van der Waals surface area contributed by atoms with Crippen LogP contribution in [0.25, 0.3) is 0 Å². The highest BCUT2D eigenvalue weighted by Crippen LogP contribution is 2.25. The Balaban J connectivity index is 1.60. The molecule has 29 heavy (non-hydrogen) atoms. The number of hydrogen-bond acceptors (Lipinski definition) is 6. The fraction of sp³-hybridized carbons (Fsp3) is 0.389. The van der Waals surface area contributed by atoms with E-state index in [0.29, 0.717) is 5.69 Å². The molecule has 1 fully saturated rings. The summed E-state index contributed by atoms with van der Waals surface area (Å²) in [5.74, 6) is -0.0818. The van der Waals surface area contributed by atoms with Crippen LogP contribution in [0.1, 0.15) is 10.4 Å². The molecule has 1 amide bonds. The van der Waals surface area contributed by atoms with Crippen molar-refractivity contribution in [3.63, 3.8) is 0 Å². The molecule has 1 aliphatic rings. The minimum absolute atomic E-state index is 0.0810. The third kappa shape index (κ3) is 5.94. The number of anilines is 2. The van der Waals surface area contributed by atoms with E-state index in [1.165, 1.54) is 6.07 Å². The summed E-state index contributed by atoms with van der Waals surface area (Å²) in [6, 6.07) is 4.75. The molecule has 0 saturated carbocycles. The molecule has 11 heteroatoms. The van der Waals surface area contributed by atoms with Gasteiger partial charge < -0.3 is 19.9 Å². The molecule has 0 unspecified atom stereocenters. The number of pyridine rings is 2. The molecule has 2 aromatic heterocycles. The van der Waals surface area contributed by atoms with Gasteiger partial charge in [-0.25, -0.2) is 9.97 Å². The average molecular weight is 430 g/mol. The molecule has 1 aliphatic heterocycles. The van der Waals surface area contributed by atoms with E-state index in [1.807, 2.05) is 6.07 Å². The fourth-order valence-electron chi connectivity index (χ4n) is 2.69. The van der Waals surface area contributed by atoms with E-state index < -0.39 is 24.6 Å². The lowest BCUT2D eigenvalue weighted by Gasteiger charge is -2.33. The smallest absolute Gasteiger partial charge is 0.422 e. The van der Waals surface area contributed by atoms with Gasteiger partial charge in [0.15, 0.2) is 6.61 Å². The molecule has 156 valence electrons. The van der Waals surface area contributed by atoms with Crippen molar-refractivity contribution in [1.29, 1.82) is 0 Å². The predicted molar refractivity (Wildman–Crippen MR) is 103 cm³/mol. The third-order valence-corrected chi connectivity index (χ3v) is 4.55. The molecule has 1 saturated heterocycles. The van der Waals surface area contributed by atoms with Gasteiger partial charge in [-0.1, -0.05) is 11.6 Å². The first-order valence-electron chi connectivity index (χ1n) is 8.77. The molecule has 7 nitrogen and oxygen atoms in total. The maximum Gasteiger partial charge on any atom is 0.422 e. The normalized spacial score (nSPS) is 15.3. The van der Waals surface area contributed by atoms with E-state index in [-0.39, 0.29) is 10.6 Å². The van der Waals surface area contributed by atoms with E-state index in [0.717, 1.165) is 38.2 Å². The molecule has 3 heterocycles. The molecule has 2 aromatic rings. The summed E-state index contributed by atoms with van der Waals surface area (Å²) in [5, 5.41) is 2.46. The Morgan fingerprint density at radius 1 is 1.21 bits per heavy atom. The summed E-state index contributed by atoms with van der Waals surface area (Å²) >= 11 is 5.87. The lowest BCUT2D eigenvalue weighted by Crippen LogP contribution is -2.44. The van der Waals surface area contributed by atoms with Crippen LogP contribution < -0.4 is 15.0 Å². The first-order valence-corrected chi connectivity index (χ1v) is 9.15. The zero-order chi connectivity index (χ0) is 21.0. The lowest BCUT2D eigenvalue weighted by molar-refractivity contribution is -0.154. The number of halogens is 4. The molecular weight excluding hydrogens is 411 g/mol. The number of hydrogen-bond donors (Lipinski definition) is 1. The van der Waals surface area contributed by atoms with Gasteiger partial charge in [-0.3, -0.25) is 4.79 Å². The van der Waals surface area contributed by atoms with Gasteiger partial charge in [0.1, 0.15) is 10.8 Å². The van der Waals surface area contributed by atoms with Crippen molar-refractivity contribution >= 4 is 29.0 Å². The number of ether oxygens (including phenoxy) is 1. The summed E-state index contributed by atoms with van der Waals surface area (Å²) in [7, 11) is 2.07. The minimum Gasteiger partial charge on any atom is -0.467 e. The number of piperazine rings is 1. The molecular formula is C18H19ClF3N5O2. The molecule has 0 spiro atoms. The van der Waals surface area contributed by atoms with Gasteiger partial charge in [0.05, 0.1) is 17.4 Å². The first kappa shape index (κ1) is 21.1. The predicted octanol–water partition coefficient (Wildman–Crippen LogP) is 3.08. The second-order valence-corrected chi connectivity index (χ2v) is 6.97. The quantitative estimate of drug-likeness (QED) is 0.787. The van der Waals surface area contributed by atoms with Crippen LogP contribution in [0.15, 0.2) is 30.6 Å². The highest BCUT2D eigenvalue weighted by atomic mass is 35.5. The van der Waals surface area contributed by atoms with Crippen LogP contribution in [0.3, 0.4) is 0 Å². The van der Waals surface area contributed by atoms with E-state index in [9.17, 15) is 18.0 Å². The van der Waals surface area contributed by atoms with Crippen LogP contribution >= 0.6 is 11.6 Å². The Bertz CT molecular complexity index is 856. The van der Waals surface area contributed by atoms with Gasteiger partial charge in [0.2, 0.25) is 5.88 Å². The first-order chi connectivity index (χ1) is 13.7. The Morgan fingerprint density at radius 3 is 2.52 bits per heavy atom. The zero-order valence-corrected chi connectivity index (χ0v) is 16.3. The second kappa shape index (κ2) is 8.83. The van der Waals surface area contributed by atoms with Crippen molar-refractivity contribution in [2.45, 2.75) is 6.18 Å². The maximum absolute atomic E-state index is 12.3. The number of carbonyl (C=O) groups is 1. The average Bonchev–Trinajstić information content (AvgIpc) is 2.67. The summed E-state index contributed by atoms with van der Waals surface area (Å²) in [5.41, 5.74) is 0.555. The molecule has 0 bridgehead atoms. The van der Waals surface area contributed by atoms with Crippen molar-refractivity contribution in [2.75, 3.05) is 50.1 Å². The topological polar surface area (TPSA) is 70.6 Å². The summed E-state index contributed by atoms with van der Waals surface area (Å²) in [4.78, 5) is 24.8. The second-order valence-electron chi connectivity index (χ2n) is 6.56. The van der Waals surface area contributed by atoms with Gasteiger partial charge >= 0.3 is 6.18 Å². The van der Waals surface area contributed by atoms with Crippen molar-refractivity contribution in [3.8, 4) is 5.88 Å². The SMILES string of the molecule is CN1CCN(c2ccc(NC(=O)c3cnc(OCC(F)(F)F)c(Cl)c3)cn2)CC1. The van der Waals surface area contributed by atoms with E-state index in [1.54, 1.807) is 12.3 Å². The molecule has 0 aromatic carbocycles. The fourth-order valence-corrected chi connectivity index (χ4v) is 2.91. The maximum atomic E-state index is 12.3. The van der Waals surface area contributed by atoms with Crippen LogP contribution in [0.2, 0.25) is 5.02 Å². The van der Waals surface area contributed by atoms with Crippen molar-refractivity contribution in [1.82, 2.24) is 14.9 Å². The number of carbonyl (C=O) groups excluding carboxylic acids is 1. The Hall–Kier alpha value is -2.59.